The normalized spacial score (nSPS) is 9.30. The molecule has 0 heterocycles. The summed E-state index contributed by atoms with van der Waals surface area (Å²) in [5, 5.41) is 5.23. The van der Waals surface area contributed by atoms with Gasteiger partial charge in [0.15, 0.2) is 0 Å². The topological polar surface area (TPSA) is 87.7 Å². The molecule has 0 aliphatic carbocycles. The van der Waals surface area contributed by atoms with Gasteiger partial charge in [-0.05, 0) is 0 Å². The van der Waals surface area contributed by atoms with E-state index < -0.39 is 11.9 Å². The second-order valence-electron chi connectivity index (χ2n) is 3.82. The average Bonchev–Trinajstić information content (AvgIpc) is 2.49. The van der Waals surface area contributed by atoms with Crippen LogP contribution in [0, 0.1) is 0 Å². The van der Waals surface area contributed by atoms with E-state index in [2.05, 4.69) is 15.3 Å². The predicted octanol–water partition coefficient (Wildman–Crippen LogP) is -0.211. The molecule has 20 heavy (non-hydrogen) atoms. The van der Waals surface area contributed by atoms with Crippen molar-refractivity contribution < 1.29 is 19.0 Å². The van der Waals surface area contributed by atoms with Gasteiger partial charge in [-0.15, -0.1) is 0 Å². The number of carbonyl (C=O) groups is 2. The fourth-order valence-corrected chi connectivity index (χ4v) is 1.65. The van der Waals surface area contributed by atoms with Crippen molar-refractivity contribution in [1.82, 2.24) is 5.23 Å². The fourth-order valence-electron chi connectivity index (χ4n) is 1.65. The molecule has 7 nitrogen and oxygen atoms in total. The Bertz CT molecular complexity index is 495. The summed E-state index contributed by atoms with van der Waals surface area (Å²) in [5.41, 5.74) is 1.23. The summed E-state index contributed by atoms with van der Waals surface area (Å²) in [6.07, 6.45) is 0. The van der Waals surface area contributed by atoms with Crippen LogP contribution < -0.4 is 15.4 Å². The first-order valence-electron chi connectivity index (χ1n) is 5.95. The van der Waals surface area contributed by atoms with Crippen LogP contribution in [0.15, 0.2) is 24.3 Å². The third kappa shape index (κ3) is 4.08. The molecule has 0 atom stereocenters. The average molecular weight is 277 g/mol. The first kappa shape index (κ1) is 15.7. The van der Waals surface area contributed by atoms with Crippen LogP contribution in [0.25, 0.3) is 0 Å². The predicted molar refractivity (Wildman–Crippen MR) is 74.8 cm³/mol. The number of amides is 1. The van der Waals surface area contributed by atoms with Crippen LogP contribution in [0.2, 0.25) is 0 Å². The summed E-state index contributed by atoms with van der Waals surface area (Å²) in [4.78, 5) is 24.8. The van der Waals surface area contributed by atoms with Gasteiger partial charge in [0.1, 0.15) is 0 Å². The standard InChI is InChI=1S/C12H16BN3O4/c1-14-9-5-3-4-6-10(9)16(8-12(18)20-2)11(17)7-15-13-19/h3-6,14-15H,7-8H2,1-2H3. The van der Waals surface area contributed by atoms with E-state index in [1.165, 1.54) is 12.0 Å². The van der Waals surface area contributed by atoms with Gasteiger partial charge in [-0.1, -0.05) is 0 Å². The molecule has 1 aromatic rings. The molecule has 0 spiro atoms. The number of hydrogen-bond acceptors (Lipinski definition) is 5. The number of rotatable bonds is 7. The molecule has 106 valence electrons. The van der Waals surface area contributed by atoms with Gasteiger partial charge < -0.3 is 0 Å². The van der Waals surface area contributed by atoms with Gasteiger partial charge >= 0.3 is 117 Å². The van der Waals surface area contributed by atoms with Crippen molar-refractivity contribution in [1.29, 1.82) is 0 Å². The van der Waals surface area contributed by atoms with E-state index in [-0.39, 0.29) is 13.1 Å². The van der Waals surface area contributed by atoms with Crippen LogP contribution in [-0.4, -0.2) is 46.4 Å². The van der Waals surface area contributed by atoms with Crippen molar-refractivity contribution in [3.8, 4) is 0 Å². The number of methoxy groups -OCH3 is 1. The third-order valence-corrected chi connectivity index (χ3v) is 2.62. The van der Waals surface area contributed by atoms with Crippen LogP contribution >= 0.6 is 0 Å². The molecule has 1 aromatic carbocycles. The van der Waals surface area contributed by atoms with E-state index in [1.807, 2.05) is 0 Å². The van der Waals surface area contributed by atoms with E-state index in [1.54, 1.807) is 31.3 Å². The third-order valence-electron chi connectivity index (χ3n) is 2.62. The molecular formula is C12H16BN3O4. The SMILES string of the molecule is CNc1ccccc1N(CC(=O)OC)C(=O)CNB=O. The molecule has 2 N–H and O–H groups in total. The number of para-hydroxylation sites is 2. The van der Waals surface area contributed by atoms with Gasteiger partial charge in [0.05, 0.1) is 0 Å². The number of hydrogen-bond donors (Lipinski definition) is 2. The molecule has 0 saturated carbocycles. The molecule has 0 aromatic heterocycles. The van der Waals surface area contributed by atoms with E-state index in [9.17, 15) is 14.3 Å². The van der Waals surface area contributed by atoms with Crippen LogP contribution in [0.1, 0.15) is 0 Å². The van der Waals surface area contributed by atoms with E-state index >= 15 is 0 Å². The molecule has 1 amide bonds. The quantitative estimate of drug-likeness (QED) is 0.529. The number of benzene rings is 1. The molecule has 0 saturated heterocycles. The summed E-state index contributed by atoms with van der Waals surface area (Å²) in [6.45, 7) is -0.424. The molecule has 0 radical (unpaired) electrons. The van der Waals surface area contributed by atoms with Crippen molar-refractivity contribution in [3.05, 3.63) is 24.3 Å². The first-order valence-corrected chi connectivity index (χ1v) is 5.95. The molecule has 0 bridgehead atoms. The zero-order valence-electron chi connectivity index (χ0n) is 11.4. The van der Waals surface area contributed by atoms with Crippen LogP contribution in [0.5, 0.6) is 0 Å². The molecule has 8 heteroatoms. The monoisotopic (exact) mass is 277 g/mol. The fraction of sp³-hybridized carbons (Fsp3) is 0.333. The van der Waals surface area contributed by atoms with Crippen molar-refractivity contribution in [2.75, 3.05) is 37.5 Å². The van der Waals surface area contributed by atoms with E-state index in [0.29, 0.717) is 18.7 Å². The second kappa shape index (κ2) is 7.93. The Morgan fingerprint density at radius 3 is 2.65 bits per heavy atom. The molecule has 0 aliphatic heterocycles. The summed E-state index contributed by atoms with van der Waals surface area (Å²) >= 11 is 0. The zero-order valence-corrected chi connectivity index (χ0v) is 11.4. The van der Waals surface area contributed by atoms with E-state index in [0.717, 1.165) is 0 Å². The van der Waals surface area contributed by atoms with Gasteiger partial charge in [0.2, 0.25) is 0 Å². The number of nitrogens with zero attached hydrogens (tertiary/aromatic N) is 1. The Morgan fingerprint density at radius 1 is 1.35 bits per heavy atom. The van der Waals surface area contributed by atoms with E-state index in [4.69, 9.17) is 0 Å². The van der Waals surface area contributed by atoms with Crippen molar-refractivity contribution in [2.45, 2.75) is 0 Å². The zero-order chi connectivity index (χ0) is 15.0. The van der Waals surface area contributed by atoms with Gasteiger partial charge in [-0.2, -0.15) is 0 Å². The Hall–Kier alpha value is -2.38. The molecule has 0 fully saturated rings. The van der Waals surface area contributed by atoms with Gasteiger partial charge in [0.25, 0.3) is 0 Å². The Labute approximate surface area is 117 Å². The van der Waals surface area contributed by atoms with Gasteiger partial charge in [-0.25, -0.2) is 0 Å². The molecule has 0 aliphatic rings. The maximum absolute atomic E-state index is 12.1. The second-order valence-corrected chi connectivity index (χ2v) is 3.82. The number of nitrogens with one attached hydrogen (secondary N) is 2. The van der Waals surface area contributed by atoms with Gasteiger partial charge in [-0.3, -0.25) is 0 Å². The van der Waals surface area contributed by atoms with Crippen LogP contribution in [-0.2, 0) is 19.0 Å². The summed E-state index contributed by atoms with van der Waals surface area (Å²) in [7, 11) is 3.39. The molecular weight excluding hydrogens is 261 g/mol. The Morgan fingerprint density at radius 2 is 2.05 bits per heavy atom. The number of anilines is 2. The minimum atomic E-state index is -0.546. The van der Waals surface area contributed by atoms with Crippen LogP contribution in [0.4, 0.5) is 11.4 Å². The van der Waals surface area contributed by atoms with Crippen molar-refractivity contribution in [3.63, 3.8) is 0 Å². The summed E-state index contributed by atoms with van der Waals surface area (Å²) in [5.74, 6) is -0.958. The van der Waals surface area contributed by atoms with Crippen molar-refractivity contribution in [2.24, 2.45) is 0 Å². The molecule has 0 unspecified atom stereocenters. The van der Waals surface area contributed by atoms with Crippen molar-refractivity contribution >= 4 is 30.5 Å². The number of carbonyl (C=O) groups excluding carboxylic acids is 2. The maximum atomic E-state index is 12.1. The summed E-state index contributed by atoms with van der Waals surface area (Å²) < 4.78 is 14.9. The minimum absolute atomic E-state index is 0.196. The Kier molecular flexibility index (Phi) is 6.22. The summed E-state index contributed by atoms with van der Waals surface area (Å²) in [6, 6.07) is 7.04. The Balaban J connectivity index is 3.05. The van der Waals surface area contributed by atoms with Crippen LogP contribution in [0.3, 0.4) is 0 Å². The number of ether oxygens (including phenoxy) is 1. The number of esters is 1. The van der Waals surface area contributed by atoms with Gasteiger partial charge in [0, 0.05) is 0 Å². The molecule has 1 rings (SSSR count). The first-order chi connectivity index (χ1) is 9.63.